The zero-order valence-electron chi connectivity index (χ0n) is 17.9. The van der Waals surface area contributed by atoms with Gasteiger partial charge >= 0.3 is 6.03 Å². The number of amides is 2. The number of hydrogen-bond donors (Lipinski definition) is 2. The third-order valence-corrected chi connectivity index (χ3v) is 6.16. The van der Waals surface area contributed by atoms with Gasteiger partial charge in [-0.25, -0.2) is 9.78 Å². The molecule has 0 saturated carbocycles. The summed E-state index contributed by atoms with van der Waals surface area (Å²) < 4.78 is 0. The van der Waals surface area contributed by atoms with Crippen LogP contribution in [0, 0.1) is 13.8 Å². The van der Waals surface area contributed by atoms with Crippen molar-refractivity contribution in [3.05, 3.63) is 60.2 Å². The van der Waals surface area contributed by atoms with Gasteiger partial charge in [0.05, 0.1) is 29.8 Å². The largest absolute Gasteiger partial charge is 0.364 e. The van der Waals surface area contributed by atoms with E-state index < -0.39 is 5.66 Å². The second-order valence-electron chi connectivity index (χ2n) is 8.15. The van der Waals surface area contributed by atoms with Crippen molar-refractivity contribution >= 4 is 23.2 Å². The Bertz CT molecular complexity index is 1130. The van der Waals surface area contributed by atoms with Crippen LogP contribution in [0.4, 0.5) is 22.0 Å². The van der Waals surface area contributed by atoms with Crippen molar-refractivity contribution in [2.45, 2.75) is 25.9 Å². The summed E-state index contributed by atoms with van der Waals surface area (Å²) in [7, 11) is 1.90. The number of aromatic nitrogens is 3. The minimum atomic E-state index is -0.525. The van der Waals surface area contributed by atoms with E-state index in [2.05, 4.69) is 38.5 Å². The van der Waals surface area contributed by atoms with E-state index in [1.165, 1.54) is 0 Å². The number of nitrogens with zero attached hydrogens (tertiary/aromatic N) is 5. The number of fused-ring (bicyclic) bond motifs is 4. The number of pyridine rings is 3. The van der Waals surface area contributed by atoms with Gasteiger partial charge < -0.3 is 10.2 Å². The number of hydrogen-bond acceptors (Lipinski definition) is 6. The molecule has 0 aliphatic carbocycles. The van der Waals surface area contributed by atoms with E-state index in [0.29, 0.717) is 18.1 Å². The molecule has 5 heterocycles. The first-order valence-electron chi connectivity index (χ1n) is 10.4. The molecule has 3 aromatic rings. The summed E-state index contributed by atoms with van der Waals surface area (Å²) in [6, 6.07) is 9.47. The van der Waals surface area contributed by atoms with Gasteiger partial charge in [-0.3, -0.25) is 20.2 Å². The number of nitrogens with one attached hydrogen (secondary N) is 2. The number of aryl methyl sites for hydroxylation is 2. The Morgan fingerprint density at radius 1 is 1.19 bits per heavy atom. The smallest absolute Gasteiger partial charge is 0.329 e. The molecule has 2 amide bonds. The molecule has 2 bridgehead atoms. The SMILES string of the molecule is CN[C@]12CCN(C1)c1c(C)cc(-c3ccc(C)nc3)nc1N2C(=O)Nc1cccnc1. The Kier molecular flexibility index (Phi) is 4.59. The highest BCUT2D eigenvalue weighted by atomic mass is 16.2. The number of rotatable bonds is 3. The van der Waals surface area contributed by atoms with Crippen LogP contribution in [0.2, 0.25) is 0 Å². The molecule has 8 heteroatoms. The van der Waals surface area contributed by atoms with Crippen LogP contribution in [0.25, 0.3) is 11.3 Å². The Balaban J connectivity index is 1.63. The molecule has 8 nitrogen and oxygen atoms in total. The van der Waals surface area contributed by atoms with E-state index in [1.807, 2.05) is 38.4 Å². The van der Waals surface area contributed by atoms with Crippen molar-refractivity contribution < 1.29 is 4.79 Å². The van der Waals surface area contributed by atoms with Gasteiger partial charge in [-0.1, -0.05) is 0 Å². The fourth-order valence-corrected chi connectivity index (χ4v) is 4.56. The molecule has 31 heavy (non-hydrogen) atoms. The average molecular weight is 416 g/mol. The summed E-state index contributed by atoms with van der Waals surface area (Å²) in [5, 5.41) is 6.40. The molecule has 2 N–H and O–H groups in total. The van der Waals surface area contributed by atoms with Crippen molar-refractivity contribution in [2.75, 3.05) is 35.3 Å². The molecule has 158 valence electrons. The Hall–Kier alpha value is -3.52. The van der Waals surface area contributed by atoms with Gasteiger partial charge in [-0.15, -0.1) is 0 Å². The Labute approximate surface area is 181 Å². The van der Waals surface area contributed by atoms with Crippen molar-refractivity contribution in [3.63, 3.8) is 0 Å². The van der Waals surface area contributed by atoms with Crippen LogP contribution in [-0.2, 0) is 0 Å². The molecule has 1 atom stereocenters. The van der Waals surface area contributed by atoms with E-state index in [1.54, 1.807) is 23.4 Å². The van der Waals surface area contributed by atoms with Crippen LogP contribution in [0.1, 0.15) is 17.7 Å². The summed E-state index contributed by atoms with van der Waals surface area (Å²) in [5.74, 6) is 0.662. The lowest BCUT2D eigenvalue weighted by atomic mass is 10.0. The van der Waals surface area contributed by atoms with Gasteiger partial charge in [0, 0.05) is 36.6 Å². The molecule has 2 aliphatic heterocycles. The van der Waals surface area contributed by atoms with Gasteiger partial charge in [0.25, 0.3) is 0 Å². The van der Waals surface area contributed by atoms with Crippen LogP contribution in [0.3, 0.4) is 0 Å². The molecule has 0 unspecified atom stereocenters. The molecule has 2 aliphatic rings. The van der Waals surface area contributed by atoms with Gasteiger partial charge in [0.2, 0.25) is 0 Å². The second kappa shape index (κ2) is 7.31. The molecule has 1 fully saturated rings. The van der Waals surface area contributed by atoms with Crippen LogP contribution in [-0.4, -0.2) is 46.8 Å². The number of anilines is 3. The van der Waals surface area contributed by atoms with E-state index in [-0.39, 0.29) is 6.03 Å². The number of carbonyl (C=O) groups is 1. The second-order valence-corrected chi connectivity index (χ2v) is 8.15. The van der Waals surface area contributed by atoms with Crippen LogP contribution >= 0.6 is 0 Å². The number of likely N-dealkylation sites (N-methyl/N-ethyl adjacent to an activating group) is 1. The quantitative estimate of drug-likeness (QED) is 0.682. The molecular weight excluding hydrogens is 390 g/mol. The molecule has 0 radical (unpaired) electrons. The monoisotopic (exact) mass is 415 g/mol. The molecule has 0 aromatic carbocycles. The van der Waals surface area contributed by atoms with Crippen LogP contribution < -0.4 is 20.4 Å². The third kappa shape index (κ3) is 3.19. The van der Waals surface area contributed by atoms with E-state index in [4.69, 9.17) is 4.98 Å². The maximum absolute atomic E-state index is 13.6. The average Bonchev–Trinajstić information content (AvgIpc) is 3.14. The van der Waals surface area contributed by atoms with Gasteiger partial charge in [-0.05, 0) is 56.8 Å². The molecular formula is C23H25N7O. The summed E-state index contributed by atoms with van der Waals surface area (Å²) in [5.41, 5.74) is 4.90. The van der Waals surface area contributed by atoms with E-state index >= 15 is 0 Å². The van der Waals surface area contributed by atoms with Crippen molar-refractivity contribution in [3.8, 4) is 11.3 Å². The first-order chi connectivity index (χ1) is 15.0. The highest BCUT2D eigenvalue weighted by Crippen LogP contribution is 2.46. The standard InChI is InChI=1S/C23H25N7O/c1-15-11-19(17-7-6-16(2)26-12-17)28-21-20(15)29-10-8-23(14-29,24-3)30(21)22(31)27-18-5-4-9-25-13-18/h4-7,9,11-13,24H,8,10,14H2,1-3H3,(H,27,31)/t23-/m0/s1. The zero-order valence-corrected chi connectivity index (χ0v) is 17.9. The fourth-order valence-electron chi connectivity index (χ4n) is 4.56. The van der Waals surface area contributed by atoms with Crippen LogP contribution in [0.15, 0.2) is 48.9 Å². The normalized spacial score (nSPS) is 19.3. The highest BCUT2D eigenvalue weighted by Gasteiger charge is 2.51. The van der Waals surface area contributed by atoms with E-state index in [9.17, 15) is 4.79 Å². The third-order valence-electron chi connectivity index (χ3n) is 6.16. The maximum Gasteiger partial charge on any atom is 0.329 e. The molecule has 5 rings (SSSR count). The predicted octanol–water partition coefficient (Wildman–Crippen LogP) is 3.33. The van der Waals surface area contributed by atoms with E-state index in [0.717, 1.165) is 41.2 Å². The first-order valence-corrected chi connectivity index (χ1v) is 10.4. The van der Waals surface area contributed by atoms with Gasteiger partial charge in [-0.2, -0.15) is 0 Å². The highest BCUT2D eigenvalue weighted by molar-refractivity contribution is 6.05. The topological polar surface area (TPSA) is 86.3 Å². The first kappa shape index (κ1) is 19.4. The summed E-state index contributed by atoms with van der Waals surface area (Å²) >= 11 is 0. The maximum atomic E-state index is 13.6. The predicted molar refractivity (Wildman–Crippen MR) is 121 cm³/mol. The van der Waals surface area contributed by atoms with Crippen molar-refractivity contribution in [1.29, 1.82) is 0 Å². The summed E-state index contributed by atoms with van der Waals surface area (Å²) in [6.07, 6.45) is 5.96. The van der Waals surface area contributed by atoms with Gasteiger partial charge in [0.15, 0.2) is 5.82 Å². The van der Waals surface area contributed by atoms with Gasteiger partial charge in [0.1, 0.15) is 5.66 Å². The summed E-state index contributed by atoms with van der Waals surface area (Å²) in [6.45, 7) is 5.61. The summed E-state index contributed by atoms with van der Waals surface area (Å²) in [4.78, 5) is 31.2. The minimum absolute atomic E-state index is 0.226. The minimum Gasteiger partial charge on any atom is -0.364 e. The Morgan fingerprint density at radius 3 is 2.77 bits per heavy atom. The molecule has 1 saturated heterocycles. The zero-order chi connectivity index (χ0) is 21.6. The lowest BCUT2D eigenvalue weighted by Crippen LogP contribution is -2.65. The van der Waals surface area contributed by atoms with Crippen molar-refractivity contribution in [1.82, 2.24) is 20.3 Å². The van der Waals surface area contributed by atoms with Crippen molar-refractivity contribution in [2.24, 2.45) is 0 Å². The lowest BCUT2D eigenvalue weighted by molar-refractivity contribution is 0.244. The number of urea groups is 1. The molecule has 3 aromatic heterocycles. The fraction of sp³-hybridized carbons (Fsp3) is 0.304. The Morgan fingerprint density at radius 2 is 2.06 bits per heavy atom. The molecule has 0 spiro atoms. The lowest BCUT2D eigenvalue weighted by Gasteiger charge is -2.45. The van der Waals surface area contributed by atoms with Crippen LogP contribution in [0.5, 0.6) is 0 Å². The number of carbonyl (C=O) groups excluding carboxylic acids is 1.